The quantitative estimate of drug-likeness (QED) is 0.474. The van der Waals surface area contributed by atoms with Crippen molar-refractivity contribution < 1.29 is 23.9 Å². The van der Waals surface area contributed by atoms with Crippen molar-refractivity contribution in [2.75, 3.05) is 14.2 Å². The van der Waals surface area contributed by atoms with Crippen LogP contribution >= 0.6 is 0 Å². The van der Waals surface area contributed by atoms with E-state index < -0.39 is 29.5 Å². The normalized spacial score (nSPS) is 24.1. The third kappa shape index (κ3) is 6.74. The first-order valence-corrected chi connectivity index (χ1v) is 10.0. The summed E-state index contributed by atoms with van der Waals surface area (Å²) in [5, 5.41) is 5.62. The Morgan fingerprint density at radius 2 is 1.68 bits per heavy atom. The van der Waals surface area contributed by atoms with Crippen LogP contribution in [0.4, 0.5) is 0 Å². The first-order valence-electron chi connectivity index (χ1n) is 10.0. The molecule has 0 aromatic rings. The van der Waals surface area contributed by atoms with E-state index in [0.717, 1.165) is 0 Å². The van der Waals surface area contributed by atoms with E-state index in [1.807, 2.05) is 27.7 Å². The molecule has 0 bridgehead atoms. The van der Waals surface area contributed by atoms with Crippen molar-refractivity contribution in [3.05, 3.63) is 0 Å². The van der Waals surface area contributed by atoms with Gasteiger partial charge in [-0.15, -0.1) is 0 Å². The number of carbonyl (C=O) groups is 3. The zero-order valence-electron chi connectivity index (χ0n) is 18.0. The van der Waals surface area contributed by atoms with Gasteiger partial charge in [-0.1, -0.05) is 27.7 Å². The van der Waals surface area contributed by atoms with E-state index in [2.05, 4.69) is 10.6 Å². The summed E-state index contributed by atoms with van der Waals surface area (Å²) in [5.41, 5.74) is 4.83. The molecular weight excluding hydrogens is 362 g/mol. The van der Waals surface area contributed by atoms with E-state index in [1.54, 1.807) is 7.11 Å². The molecule has 0 radical (unpaired) electrons. The van der Waals surface area contributed by atoms with Crippen LogP contribution in [-0.4, -0.2) is 55.7 Å². The van der Waals surface area contributed by atoms with Gasteiger partial charge in [0.1, 0.15) is 11.6 Å². The maximum absolute atomic E-state index is 13.0. The highest BCUT2D eigenvalue weighted by molar-refractivity contribution is 5.93. The summed E-state index contributed by atoms with van der Waals surface area (Å²) in [6, 6.07) is -1.45. The Morgan fingerprint density at radius 1 is 1.07 bits per heavy atom. The fraction of sp³-hybridized carbons (Fsp3) is 0.850. The lowest BCUT2D eigenvalue weighted by Crippen LogP contribution is -2.60. The van der Waals surface area contributed by atoms with E-state index >= 15 is 0 Å². The van der Waals surface area contributed by atoms with Crippen molar-refractivity contribution in [1.29, 1.82) is 0 Å². The first-order chi connectivity index (χ1) is 13.0. The van der Waals surface area contributed by atoms with Crippen LogP contribution in [0.3, 0.4) is 0 Å². The summed E-state index contributed by atoms with van der Waals surface area (Å²) < 4.78 is 10.3. The molecule has 0 unspecified atom stereocenters. The Balaban J connectivity index is 2.93. The maximum atomic E-state index is 13.0. The Kier molecular flexibility index (Phi) is 9.36. The van der Waals surface area contributed by atoms with Crippen LogP contribution in [0.1, 0.15) is 59.8 Å². The molecule has 4 atom stereocenters. The standard InChI is InChI=1S/C20H37N3O5/c1-12(2)9-15(21)17(24)22-16(10-13(3)4)18(25)23-20(19(26)28-6)8-7-14(11-20)27-5/h12-16H,7-11,21H2,1-6H3,(H,22,24)(H,23,25)/t14-,15-,16-,20-/m0/s1. The van der Waals surface area contributed by atoms with Gasteiger partial charge in [-0.3, -0.25) is 9.59 Å². The SMILES string of the molecule is COC(=O)[C@]1(NC(=O)[C@H](CC(C)C)NC(=O)[C@@H](N)CC(C)C)CC[C@H](OC)C1. The number of nitrogens with two attached hydrogens (primary N) is 1. The summed E-state index contributed by atoms with van der Waals surface area (Å²) in [7, 11) is 2.88. The van der Waals surface area contributed by atoms with E-state index in [-0.39, 0.29) is 23.8 Å². The Labute approximate surface area is 168 Å². The first kappa shape index (κ1) is 24.4. The number of rotatable bonds is 10. The van der Waals surface area contributed by atoms with E-state index in [4.69, 9.17) is 15.2 Å². The number of hydrogen-bond donors (Lipinski definition) is 3. The molecule has 0 heterocycles. The van der Waals surface area contributed by atoms with Crippen molar-refractivity contribution in [2.45, 2.75) is 83.5 Å². The second kappa shape index (κ2) is 10.8. The summed E-state index contributed by atoms with van der Waals surface area (Å²) in [4.78, 5) is 37.9. The van der Waals surface area contributed by atoms with Crippen molar-refractivity contribution in [3.8, 4) is 0 Å². The third-order valence-electron chi connectivity index (χ3n) is 5.14. The lowest BCUT2D eigenvalue weighted by atomic mass is 9.95. The number of ether oxygens (including phenoxy) is 2. The Bertz CT molecular complexity index is 552. The van der Waals surface area contributed by atoms with E-state index in [1.165, 1.54) is 7.11 Å². The van der Waals surface area contributed by atoms with Crippen molar-refractivity contribution >= 4 is 17.8 Å². The number of amides is 2. The molecule has 1 fully saturated rings. The van der Waals surface area contributed by atoms with Gasteiger partial charge in [0.2, 0.25) is 11.8 Å². The molecule has 1 aliphatic carbocycles. The molecule has 0 aromatic heterocycles. The molecular formula is C20H37N3O5. The number of carbonyl (C=O) groups excluding carboxylic acids is 3. The fourth-order valence-electron chi connectivity index (χ4n) is 3.67. The number of hydrogen-bond acceptors (Lipinski definition) is 6. The van der Waals surface area contributed by atoms with Gasteiger partial charge in [-0.25, -0.2) is 4.79 Å². The van der Waals surface area contributed by atoms with Crippen LogP contribution in [0.25, 0.3) is 0 Å². The van der Waals surface area contributed by atoms with E-state index in [0.29, 0.717) is 32.1 Å². The lowest BCUT2D eigenvalue weighted by Gasteiger charge is -2.31. The van der Waals surface area contributed by atoms with Crippen LogP contribution in [0.2, 0.25) is 0 Å². The van der Waals surface area contributed by atoms with Crippen molar-refractivity contribution in [3.63, 3.8) is 0 Å². The number of nitrogens with one attached hydrogen (secondary N) is 2. The molecule has 2 amide bonds. The molecule has 8 heteroatoms. The lowest BCUT2D eigenvalue weighted by molar-refractivity contribution is -0.151. The van der Waals surface area contributed by atoms with Crippen LogP contribution in [0.15, 0.2) is 0 Å². The topological polar surface area (TPSA) is 120 Å². The highest BCUT2D eigenvalue weighted by atomic mass is 16.5. The molecule has 1 saturated carbocycles. The molecule has 1 aliphatic rings. The van der Waals surface area contributed by atoms with Crippen LogP contribution < -0.4 is 16.4 Å². The van der Waals surface area contributed by atoms with Crippen LogP contribution in [-0.2, 0) is 23.9 Å². The Hall–Kier alpha value is -1.67. The average Bonchev–Trinajstić information content (AvgIpc) is 3.03. The highest BCUT2D eigenvalue weighted by Gasteiger charge is 2.48. The minimum atomic E-state index is -1.13. The molecule has 0 aromatic carbocycles. The molecule has 8 nitrogen and oxygen atoms in total. The highest BCUT2D eigenvalue weighted by Crippen LogP contribution is 2.33. The van der Waals surface area contributed by atoms with Gasteiger partial charge in [0, 0.05) is 13.5 Å². The summed E-state index contributed by atoms with van der Waals surface area (Å²) >= 11 is 0. The second-order valence-corrected chi connectivity index (χ2v) is 8.59. The van der Waals surface area contributed by atoms with Gasteiger partial charge >= 0.3 is 5.97 Å². The molecule has 162 valence electrons. The maximum Gasteiger partial charge on any atom is 0.331 e. The van der Waals surface area contributed by atoms with Crippen molar-refractivity contribution in [2.24, 2.45) is 17.6 Å². The van der Waals surface area contributed by atoms with Crippen LogP contribution in [0.5, 0.6) is 0 Å². The third-order valence-corrected chi connectivity index (χ3v) is 5.14. The largest absolute Gasteiger partial charge is 0.467 e. The summed E-state index contributed by atoms with van der Waals surface area (Å²) in [6.45, 7) is 7.90. The summed E-state index contributed by atoms with van der Waals surface area (Å²) in [6.07, 6.45) is 2.26. The summed E-state index contributed by atoms with van der Waals surface area (Å²) in [5.74, 6) is -0.817. The van der Waals surface area contributed by atoms with Gasteiger partial charge in [-0.05, 0) is 37.5 Å². The van der Waals surface area contributed by atoms with Gasteiger partial charge in [0.05, 0.1) is 19.3 Å². The van der Waals surface area contributed by atoms with Gasteiger partial charge in [-0.2, -0.15) is 0 Å². The van der Waals surface area contributed by atoms with Gasteiger partial charge in [0.25, 0.3) is 0 Å². The zero-order valence-corrected chi connectivity index (χ0v) is 18.0. The molecule has 1 rings (SSSR count). The Morgan fingerprint density at radius 3 is 2.14 bits per heavy atom. The van der Waals surface area contributed by atoms with Gasteiger partial charge < -0.3 is 25.8 Å². The monoisotopic (exact) mass is 399 g/mol. The smallest absolute Gasteiger partial charge is 0.331 e. The predicted octanol–water partition coefficient (Wildman–Crippen LogP) is 1.12. The van der Waals surface area contributed by atoms with Crippen molar-refractivity contribution in [1.82, 2.24) is 10.6 Å². The number of esters is 1. The molecule has 28 heavy (non-hydrogen) atoms. The minimum Gasteiger partial charge on any atom is -0.467 e. The molecule has 0 aliphatic heterocycles. The molecule has 0 saturated heterocycles. The minimum absolute atomic E-state index is 0.128. The molecule has 0 spiro atoms. The van der Waals surface area contributed by atoms with Crippen LogP contribution in [0, 0.1) is 11.8 Å². The molecule has 4 N–H and O–H groups in total. The zero-order chi connectivity index (χ0) is 21.5. The number of methoxy groups -OCH3 is 2. The second-order valence-electron chi connectivity index (χ2n) is 8.59. The van der Waals surface area contributed by atoms with E-state index in [9.17, 15) is 14.4 Å². The fourth-order valence-corrected chi connectivity index (χ4v) is 3.67. The van der Waals surface area contributed by atoms with Gasteiger partial charge in [0.15, 0.2) is 0 Å². The average molecular weight is 400 g/mol. The predicted molar refractivity (Wildman–Crippen MR) is 106 cm³/mol.